The number of aliphatic hydroxyl groups excluding tert-OH is 1. The third-order valence-corrected chi connectivity index (χ3v) is 5.05. The van der Waals surface area contributed by atoms with Crippen molar-refractivity contribution in [3.63, 3.8) is 0 Å². The maximum atomic E-state index is 9.31. The predicted octanol–water partition coefficient (Wildman–Crippen LogP) is 4.86. The van der Waals surface area contributed by atoms with E-state index in [1.807, 2.05) is 6.07 Å². The largest absolute Gasteiger partial charge is 0.396 e. The van der Waals surface area contributed by atoms with Gasteiger partial charge in [0.25, 0.3) is 0 Å². The molecule has 1 aliphatic rings. The lowest BCUT2D eigenvalue weighted by molar-refractivity contribution is 0.273. The first-order valence-electron chi connectivity index (χ1n) is 8.98. The first kappa shape index (κ1) is 16.1. The van der Waals surface area contributed by atoms with Crippen molar-refractivity contribution in [2.45, 2.75) is 24.9 Å². The molecule has 126 valence electrons. The topological polar surface area (TPSA) is 32.3 Å². The van der Waals surface area contributed by atoms with Gasteiger partial charge in [-0.15, -0.1) is 0 Å². The Hall–Kier alpha value is -2.42. The van der Waals surface area contributed by atoms with E-state index >= 15 is 0 Å². The number of benzene rings is 3. The van der Waals surface area contributed by atoms with Crippen molar-refractivity contribution >= 4 is 0 Å². The number of nitrogens with one attached hydrogen (secondary N) is 1. The fourth-order valence-corrected chi connectivity index (χ4v) is 3.86. The zero-order valence-corrected chi connectivity index (χ0v) is 14.2. The Morgan fingerprint density at radius 1 is 0.760 bits per heavy atom. The van der Waals surface area contributed by atoms with E-state index in [4.69, 9.17) is 0 Å². The van der Waals surface area contributed by atoms with Gasteiger partial charge in [-0.2, -0.15) is 0 Å². The van der Waals surface area contributed by atoms with Gasteiger partial charge in [-0.25, -0.2) is 0 Å². The highest BCUT2D eigenvalue weighted by Gasteiger charge is 2.29. The monoisotopic (exact) mass is 329 g/mol. The maximum Gasteiger partial charge on any atom is 0.0593 e. The van der Waals surface area contributed by atoms with Gasteiger partial charge in [-0.05, 0) is 40.7 Å². The number of rotatable bonds is 6. The molecule has 0 aromatic heterocycles. The van der Waals surface area contributed by atoms with Crippen LogP contribution >= 0.6 is 0 Å². The Morgan fingerprint density at radius 2 is 1.32 bits per heavy atom. The molecule has 0 saturated heterocycles. The maximum absolute atomic E-state index is 9.31. The van der Waals surface area contributed by atoms with Crippen LogP contribution in [0.3, 0.4) is 0 Å². The molecule has 25 heavy (non-hydrogen) atoms. The van der Waals surface area contributed by atoms with E-state index in [0.29, 0.717) is 0 Å². The van der Waals surface area contributed by atoms with Crippen molar-refractivity contribution in [2.75, 3.05) is 6.61 Å². The normalized spacial score (nSPS) is 14.1. The lowest BCUT2D eigenvalue weighted by Crippen LogP contribution is -2.26. The van der Waals surface area contributed by atoms with E-state index in [-0.39, 0.29) is 18.7 Å². The molecule has 0 fully saturated rings. The number of fused-ring (bicyclic) bond motifs is 3. The SMILES string of the molecule is OCCCC(NC1c2ccccc2-c2ccccc21)c1ccccc1. The molecule has 4 rings (SSSR count). The molecule has 2 N–H and O–H groups in total. The summed E-state index contributed by atoms with van der Waals surface area (Å²) in [6, 6.07) is 28.3. The summed E-state index contributed by atoms with van der Waals surface area (Å²) in [5, 5.41) is 13.2. The molecule has 3 aromatic carbocycles. The van der Waals surface area contributed by atoms with Crippen LogP contribution in [0, 0.1) is 0 Å². The minimum absolute atomic E-state index is 0.191. The minimum atomic E-state index is 0.191. The van der Waals surface area contributed by atoms with Gasteiger partial charge in [-0.3, -0.25) is 5.32 Å². The Kier molecular flexibility index (Phi) is 4.64. The average molecular weight is 329 g/mol. The summed E-state index contributed by atoms with van der Waals surface area (Å²) >= 11 is 0. The third-order valence-electron chi connectivity index (χ3n) is 5.05. The molecule has 0 saturated carbocycles. The second-order valence-electron chi connectivity index (χ2n) is 6.60. The van der Waals surface area contributed by atoms with Gasteiger partial charge in [0, 0.05) is 12.6 Å². The Bertz CT molecular complexity index is 798. The van der Waals surface area contributed by atoms with Crippen LogP contribution in [0.4, 0.5) is 0 Å². The van der Waals surface area contributed by atoms with E-state index in [0.717, 1.165) is 12.8 Å². The highest BCUT2D eigenvalue weighted by molar-refractivity contribution is 5.78. The predicted molar refractivity (Wildman–Crippen MR) is 102 cm³/mol. The average Bonchev–Trinajstić information content (AvgIpc) is 3.00. The number of aliphatic hydroxyl groups is 1. The summed E-state index contributed by atoms with van der Waals surface area (Å²) in [4.78, 5) is 0. The molecule has 0 heterocycles. The van der Waals surface area contributed by atoms with Crippen molar-refractivity contribution in [3.8, 4) is 11.1 Å². The van der Waals surface area contributed by atoms with Crippen molar-refractivity contribution in [2.24, 2.45) is 0 Å². The molecular formula is C23H23NO. The summed E-state index contributed by atoms with van der Waals surface area (Å²) in [6.45, 7) is 0.225. The van der Waals surface area contributed by atoms with Crippen molar-refractivity contribution in [3.05, 3.63) is 95.6 Å². The quantitative estimate of drug-likeness (QED) is 0.677. The molecule has 0 radical (unpaired) electrons. The van der Waals surface area contributed by atoms with Gasteiger partial charge in [-0.1, -0.05) is 78.9 Å². The molecule has 3 aromatic rings. The van der Waals surface area contributed by atoms with Crippen LogP contribution in [0.2, 0.25) is 0 Å². The molecule has 2 heteroatoms. The molecular weight excluding hydrogens is 306 g/mol. The number of hydrogen-bond acceptors (Lipinski definition) is 2. The summed E-state index contributed by atoms with van der Waals surface area (Å²) in [5.41, 5.74) is 6.61. The summed E-state index contributed by atoms with van der Waals surface area (Å²) in [5.74, 6) is 0. The van der Waals surface area contributed by atoms with Crippen LogP contribution in [0.1, 0.15) is 41.6 Å². The highest BCUT2D eigenvalue weighted by atomic mass is 16.2. The fraction of sp³-hybridized carbons (Fsp3) is 0.217. The molecule has 1 atom stereocenters. The highest BCUT2D eigenvalue weighted by Crippen LogP contribution is 2.44. The van der Waals surface area contributed by atoms with Crippen molar-refractivity contribution in [1.82, 2.24) is 5.32 Å². The van der Waals surface area contributed by atoms with Gasteiger partial charge in [0.05, 0.1) is 6.04 Å². The van der Waals surface area contributed by atoms with Crippen LogP contribution in [0.5, 0.6) is 0 Å². The first-order valence-corrected chi connectivity index (χ1v) is 8.98. The lowest BCUT2D eigenvalue weighted by atomic mass is 9.98. The van der Waals surface area contributed by atoms with Gasteiger partial charge < -0.3 is 5.11 Å². The van der Waals surface area contributed by atoms with E-state index < -0.39 is 0 Å². The Morgan fingerprint density at radius 3 is 1.92 bits per heavy atom. The molecule has 0 bridgehead atoms. The number of hydrogen-bond donors (Lipinski definition) is 2. The van der Waals surface area contributed by atoms with Crippen LogP contribution in [0.25, 0.3) is 11.1 Å². The van der Waals surface area contributed by atoms with Crippen LogP contribution in [-0.4, -0.2) is 11.7 Å². The van der Waals surface area contributed by atoms with Gasteiger partial charge in [0.15, 0.2) is 0 Å². The van der Waals surface area contributed by atoms with Gasteiger partial charge in [0.1, 0.15) is 0 Å². The van der Waals surface area contributed by atoms with Crippen LogP contribution < -0.4 is 5.32 Å². The first-order chi connectivity index (χ1) is 12.4. The Labute approximate surface area is 149 Å². The molecule has 0 amide bonds. The lowest BCUT2D eigenvalue weighted by Gasteiger charge is -2.25. The Balaban J connectivity index is 1.70. The molecule has 0 aliphatic heterocycles. The van der Waals surface area contributed by atoms with Gasteiger partial charge in [0.2, 0.25) is 0 Å². The molecule has 1 aliphatic carbocycles. The van der Waals surface area contributed by atoms with Crippen LogP contribution in [0.15, 0.2) is 78.9 Å². The standard InChI is InChI=1S/C23H23NO/c25-16-8-15-22(17-9-2-1-3-10-17)24-23-20-13-6-4-11-18(20)19-12-5-7-14-21(19)23/h1-7,9-14,22-25H,8,15-16H2. The van der Waals surface area contributed by atoms with Crippen molar-refractivity contribution in [1.29, 1.82) is 0 Å². The third kappa shape index (κ3) is 3.11. The van der Waals surface area contributed by atoms with E-state index in [9.17, 15) is 5.11 Å². The summed E-state index contributed by atoms with van der Waals surface area (Å²) in [6.07, 6.45) is 1.71. The zero-order valence-electron chi connectivity index (χ0n) is 14.2. The smallest absolute Gasteiger partial charge is 0.0593 e. The second-order valence-corrected chi connectivity index (χ2v) is 6.60. The van der Waals surface area contributed by atoms with Crippen molar-refractivity contribution < 1.29 is 5.11 Å². The van der Waals surface area contributed by atoms with E-state index in [1.54, 1.807) is 0 Å². The van der Waals surface area contributed by atoms with E-state index in [1.165, 1.54) is 27.8 Å². The molecule has 1 unspecified atom stereocenters. The summed E-state index contributed by atoms with van der Waals surface area (Å²) < 4.78 is 0. The summed E-state index contributed by atoms with van der Waals surface area (Å²) in [7, 11) is 0. The van der Waals surface area contributed by atoms with Crippen LogP contribution in [-0.2, 0) is 0 Å². The molecule has 0 spiro atoms. The van der Waals surface area contributed by atoms with Gasteiger partial charge >= 0.3 is 0 Å². The minimum Gasteiger partial charge on any atom is -0.396 e. The zero-order chi connectivity index (χ0) is 17.1. The fourth-order valence-electron chi connectivity index (χ4n) is 3.86. The second kappa shape index (κ2) is 7.22. The van der Waals surface area contributed by atoms with E-state index in [2.05, 4.69) is 78.1 Å². The molecule has 2 nitrogen and oxygen atoms in total.